The highest BCUT2D eigenvalue weighted by molar-refractivity contribution is 5.99. The first kappa shape index (κ1) is 28.3. The maximum absolute atomic E-state index is 13.2. The number of carbonyl (C=O) groups is 2. The summed E-state index contributed by atoms with van der Waals surface area (Å²) in [6, 6.07) is 11.5. The van der Waals surface area contributed by atoms with E-state index < -0.39 is 23.3 Å². The second-order valence-corrected chi connectivity index (χ2v) is 9.48. The largest absolute Gasteiger partial charge is 0.503 e. The van der Waals surface area contributed by atoms with Crippen molar-refractivity contribution in [2.45, 2.75) is 72.5 Å². The van der Waals surface area contributed by atoms with Crippen molar-refractivity contribution >= 4 is 11.8 Å². The summed E-state index contributed by atoms with van der Waals surface area (Å²) in [5.74, 6) is -1.18. The summed E-state index contributed by atoms with van der Waals surface area (Å²) in [6.07, 6.45) is 3.12. The zero-order valence-electron chi connectivity index (χ0n) is 21.7. The van der Waals surface area contributed by atoms with Gasteiger partial charge in [0.05, 0.1) is 18.6 Å². The maximum atomic E-state index is 13.2. The van der Waals surface area contributed by atoms with Gasteiger partial charge in [-0.25, -0.2) is 4.98 Å². The quantitative estimate of drug-likeness (QED) is 0.283. The summed E-state index contributed by atoms with van der Waals surface area (Å²) in [4.78, 5) is 30.1. The van der Waals surface area contributed by atoms with E-state index in [1.54, 1.807) is 13.8 Å². The minimum atomic E-state index is -1.12. The number of esters is 1. The van der Waals surface area contributed by atoms with E-state index in [1.807, 2.05) is 25.1 Å². The number of nitrogens with zero attached hydrogens (tertiary/aromatic N) is 1. The van der Waals surface area contributed by atoms with Gasteiger partial charge in [-0.2, -0.15) is 0 Å². The summed E-state index contributed by atoms with van der Waals surface area (Å²) < 4.78 is 17.1. The average molecular weight is 486 g/mol. The lowest BCUT2D eigenvalue weighted by Gasteiger charge is -2.33. The van der Waals surface area contributed by atoms with Gasteiger partial charge in [0.2, 0.25) is 0 Å². The minimum Gasteiger partial charge on any atom is -0.503 e. The van der Waals surface area contributed by atoms with Gasteiger partial charge in [0.1, 0.15) is 6.10 Å². The predicted molar refractivity (Wildman–Crippen MR) is 135 cm³/mol. The van der Waals surface area contributed by atoms with Crippen LogP contribution in [-0.2, 0) is 20.7 Å². The normalized spacial score (nSPS) is 14.1. The van der Waals surface area contributed by atoms with Crippen molar-refractivity contribution in [1.82, 2.24) is 4.98 Å². The molecule has 0 aliphatic rings. The Morgan fingerprint density at radius 2 is 1.80 bits per heavy atom. The Hall–Kier alpha value is -2.93. The summed E-state index contributed by atoms with van der Waals surface area (Å²) in [5, 5.41) is 10.3. The predicted octanol–water partition coefficient (Wildman–Crippen LogP) is 5.39. The molecule has 0 saturated carbocycles. The number of hydrogen-bond acceptors (Lipinski definition) is 7. The molecule has 0 fully saturated rings. The highest BCUT2D eigenvalue weighted by Crippen LogP contribution is 2.33. The van der Waals surface area contributed by atoms with Crippen molar-refractivity contribution in [2.24, 2.45) is 11.3 Å². The summed E-state index contributed by atoms with van der Waals surface area (Å²) >= 11 is 0. The van der Waals surface area contributed by atoms with Crippen LogP contribution in [-0.4, -0.2) is 47.8 Å². The van der Waals surface area contributed by atoms with E-state index in [2.05, 4.69) is 31.0 Å². The van der Waals surface area contributed by atoms with E-state index in [0.717, 1.165) is 18.4 Å². The topological polar surface area (TPSA) is 95.0 Å². The second-order valence-electron chi connectivity index (χ2n) is 9.48. The Morgan fingerprint density at radius 3 is 2.40 bits per heavy atom. The molecule has 1 heterocycles. The number of carbonyl (C=O) groups excluding carboxylic acids is 2. The lowest BCUT2D eigenvalue weighted by molar-refractivity contribution is -0.164. The van der Waals surface area contributed by atoms with Crippen molar-refractivity contribution < 1.29 is 28.9 Å². The number of aromatic nitrogens is 1. The van der Waals surface area contributed by atoms with Crippen LogP contribution >= 0.6 is 0 Å². The molecule has 0 aliphatic carbocycles. The third kappa shape index (κ3) is 7.79. The molecule has 0 amide bonds. The Labute approximate surface area is 208 Å². The lowest BCUT2D eigenvalue weighted by atomic mass is 9.85. The van der Waals surface area contributed by atoms with Crippen LogP contribution in [0.5, 0.6) is 11.5 Å². The molecule has 3 atom stereocenters. The molecule has 0 unspecified atom stereocenters. The van der Waals surface area contributed by atoms with Crippen LogP contribution in [0.4, 0.5) is 0 Å². The highest BCUT2D eigenvalue weighted by atomic mass is 16.5. The van der Waals surface area contributed by atoms with Crippen LogP contribution in [0, 0.1) is 11.3 Å². The Kier molecular flexibility index (Phi) is 10.7. The first-order valence-electron chi connectivity index (χ1n) is 12.3. The first-order valence-corrected chi connectivity index (χ1v) is 12.3. The van der Waals surface area contributed by atoms with Crippen molar-refractivity contribution in [1.29, 1.82) is 0 Å². The molecule has 2 aromatic rings. The molecule has 1 N–H and O–H groups in total. The maximum Gasteiger partial charge on any atom is 0.312 e. The molecule has 0 bridgehead atoms. The van der Waals surface area contributed by atoms with E-state index in [1.165, 1.54) is 19.4 Å². The highest BCUT2D eigenvalue weighted by Gasteiger charge is 2.37. The molecule has 1 aromatic heterocycles. The van der Waals surface area contributed by atoms with E-state index in [-0.39, 0.29) is 35.6 Å². The van der Waals surface area contributed by atoms with Crippen LogP contribution in [0.3, 0.4) is 0 Å². The number of ether oxygens (including phenoxy) is 3. The number of pyridine rings is 1. The Balaban J connectivity index is 2.17. The van der Waals surface area contributed by atoms with Crippen LogP contribution < -0.4 is 4.74 Å². The summed E-state index contributed by atoms with van der Waals surface area (Å²) in [5.41, 5.74) is -0.0987. The molecule has 1 aromatic carbocycles. The number of Topliss-reactive ketones (excluding diaryl/α,β-unsaturated/α-hetero) is 1. The standard InChI is InChI=1S/C28H39NO6/c1-7-16-34-23(8-2)21(17-20-12-10-9-11-13-20)19(3)35-27(32)28(4,5)18-22(30)25-26(31)24(33-6)14-15-29-25/h9-15,19,21,23,31H,7-8,16-18H2,1-6H3/t19-,21-,23-/m0/s1. The molecule has 0 spiro atoms. The number of hydrogen-bond donors (Lipinski definition) is 1. The van der Waals surface area contributed by atoms with E-state index in [0.29, 0.717) is 13.0 Å². The van der Waals surface area contributed by atoms with Gasteiger partial charge in [-0.15, -0.1) is 0 Å². The van der Waals surface area contributed by atoms with Crippen LogP contribution in [0.2, 0.25) is 0 Å². The zero-order chi connectivity index (χ0) is 26.0. The number of aromatic hydroxyl groups is 1. The zero-order valence-corrected chi connectivity index (χ0v) is 21.7. The van der Waals surface area contributed by atoms with Gasteiger partial charge in [0, 0.05) is 31.2 Å². The SMILES string of the molecule is CCCO[C@@H](CC)[C@@H](Cc1ccccc1)[C@H](C)OC(=O)C(C)(C)CC(=O)c1nccc(OC)c1O. The average Bonchev–Trinajstić information content (AvgIpc) is 2.84. The summed E-state index contributed by atoms with van der Waals surface area (Å²) in [6.45, 7) is 9.99. The van der Waals surface area contributed by atoms with Crippen molar-refractivity contribution in [3.05, 3.63) is 53.9 Å². The van der Waals surface area contributed by atoms with Gasteiger partial charge in [-0.3, -0.25) is 9.59 Å². The molecule has 7 nitrogen and oxygen atoms in total. The van der Waals surface area contributed by atoms with Gasteiger partial charge in [-0.05, 0) is 45.6 Å². The molecule has 192 valence electrons. The second kappa shape index (κ2) is 13.2. The Morgan fingerprint density at radius 1 is 1.11 bits per heavy atom. The van der Waals surface area contributed by atoms with E-state index in [9.17, 15) is 14.7 Å². The number of methoxy groups -OCH3 is 1. The molecule has 35 heavy (non-hydrogen) atoms. The third-order valence-corrected chi connectivity index (χ3v) is 6.15. The number of ketones is 1. The summed E-state index contributed by atoms with van der Waals surface area (Å²) in [7, 11) is 1.39. The minimum absolute atomic E-state index is 0.0477. The van der Waals surface area contributed by atoms with Crippen LogP contribution in [0.25, 0.3) is 0 Å². The fraction of sp³-hybridized carbons (Fsp3) is 0.536. The molecule has 0 aliphatic heterocycles. The Bertz CT molecular complexity index is 959. The van der Waals surface area contributed by atoms with Crippen molar-refractivity contribution in [3.8, 4) is 11.5 Å². The fourth-order valence-electron chi connectivity index (χ4n) is 4.08. The third-order valence-electron chi connectivity index (χ3n) is 6.15. The smallest absolute Gasteiger partial charge is 0.312 e. The molecule has 7 heteroatoms. The number of benzene rings is 1. The van der Waals surface area contributed by atoms with E-state index >= 15 is 0 Å². The van der Waals surface area contributed by atoms with Gasteiger partial charge in [0.15, 0.2) is 23.0 Å². The first-order chi connectivity index (χ1) is 16.6. The molecular formula is C28H39NO6. The van der Waals surface area contributed by atoms with Crippen LogP contribution in [0.15, 0.2) is 42.6 Å². The van der Waals surface area contributed by atoms with Crippen molar-refractivity contribution in [2.75, 3.05) is 13.7 Å². The molecular weight excluding hydrogens is 446 g/mol. The molecule has 0 saturated heterocycles. The monoisotopic (exact) mass is 485 g/mol. The van der Waals surface area contributed by atoms with Crippen LogP contribution in [0.1, 0.15) is 69.9 Å². The fourth-order valence-corrected chi connectivity index (χ4v) is 4.08. The van der Waals surface area contributed by atoms with E-state index in [4.69, 9.17) is 14.2 Å². The number of rotatable bonds is 14. The van der Waals surface area contributed by atoms with Gasteiger partial charge < -0.3 is 19.3 Å². The van der Waals surface area contributed by atoms with Gasteiger partial charge >= 0.3 is 5.97 Å². The lowest BCUT2D eigenvalue weighted by Crippen LogP contribution is -2.40. The van der Waals surface area contributed by atoms with Gasteiger partial charge in [0.25, 0.3) is 0 Å². The van der Waals surface area contributed by atoms with Crippen molar-refractivity contribution in [3.63, 3.8) is 0 Å². The molecule has 0 radical (unpaired) electrons. The van der Waals surface area contributed by atoms with Gasteiger partial charge in [-0.1, -0.05) is 44.2 Å². The molecule has 2 rings (SSSR count).